The highest BCUT2D eigenvalue weighted by molar-refractivity contribution is 9.10. The fraction of sp³-hybridized carbons (Fsp3) is 0.111. The van der Waals surface area contributed by atoms with Crippen molar-refractivity contribution < 1.29 is 4.79 Å². The number of H-pyrrole nitrogens is 1. The van der Waals surface area contributed by atoms with Gasteiger partial charge in [0, 0.05) is 9.86 Å². The smallest absolute Gasteiger partial charge is 0.267 e. The van der Waals surface area contributed by atoms with Gasteiger partial charge in [0.1, 0.15) is 0 Å². The number of aromatic nitrogens is 2. The van der Waals surface area contributed by atoms with E-state index in [0.29, 0.717) is 16.5 Å². The van der Waals surface area contributed by atoms with Crippen molar-refractivity contribution in [3.05, 3.63) is 74.1 Å². The molecule has 1 aromatic heterocycles. The molecule has 0 aliphatic carbocycles. The molecule has 0 fully saturated rings. The minimum Gasteiger partial charge on any atom is -0.267 e. The fourth-order valence-corrected chi connectivity index (χ4v) is 2.66. The summed E-state index contributed by atoms with van der Waals surface area (Å²) in [6.07, 6.45) is 0. The van der Waals surface area contributed by atoms with E-state index >= 15 is 0 Å². The lowest BCUT2D eigenvalue weighted by molar-refractivity contribution is 0.0950. The predicted molar refractivity (Wildman–Crippen MR) is 101 cm³/mol. The summed E-state index contributed by atoms with van der Waals surface area (Å²) < 4.78 is 1.01. The number of hydrazone groups is 1. The minimum absolute atomic E-state index is 0.124. The second-order valence-corrected chi connectivity index (χ2v) is 6.40. The van der Waals surface area contributed by atoms with Crippen LogP contribution in [-0.2, 0) is 0 Å². The molecule has 0 atom stereocenters. The van der Waals surface area contributed by atoms with E-state index in [9.17, 15) is 9.59 Å². The molecule has 0 spiro atoms. The van der Waals surface area contributed by atoms with Gasteiger partial charge in [-0.2, -0.15) is 10.2 Å². The van der Waals surface area contributed by atoms with E-state index in [-0.39, 0.29) is 11.3 Å². The molecule has 2 aromatic carbocycles. The van der Waals surface area contributed by atoms with Gasteiger partial charge >= 0.3 is 0 Å². The number of hydrogen-bond donors (Lipinski definition) is 2. The second-order valence-electron chi connectivity index (χ2n) is 5.55. The number of amides is 1. The molecule has 1 amide bonds. The quantitative estimate of drug-likeness (QED) is 0.524. The van der Waals surface area contributed by atoms with Crippen LogP contribution in [0.1, 0.15) is 28.5 Å². The molecule has 126 valence electrons. The topological polar surface area (TPSA) is 87.2 Å². The van der Waals surface area contributed by atoms with Gasteiger partial charge < -0.3 is 0 Å². The van der Waals surface area contributed by atoms with Crippen LogP contribution in [0.2, 0.25) is 0 Å². The van der Waals surface area contributed by atoms with E-state index in [1.807, 2.05) is 25.1 Å². The van der Waals surface area contributed by atoms with E-state index in [2.05, 4.69) is 36.7 Å². The Balaban J connectivity index is 1.89. The Bertz CT molecular complexity index is 1060. The first-order chi connectivity index (χ1) is 12.0. The van der Waals surface area contributed by atoms with Crippen LogP contribution >= 0.6 is 15.9 Å². The van der Waals surface area contributed by atoms with Gasteiger partial charge in [-0.3, -0.25) is 9.59 Å². The number of nitrogens with one attached hydrogen (secondary N) is 2. The Hall–Kier alpha value is -2.80. The first-order valence-corrected chi connectivity index (χ1v) is 8.35. The maximum Gasteiger partial charge on any atom is 0.292 e. The summed E-state index contributed by atoms with van der Waals surface area (Å²) in [5.74, 6) is -0.486. The maximum absolute atomic E-state index is 12.4. The molecule has 3 aromatic rings. The van der Waals surface area contributed by atoms with Gasteiger partial charge in [-0.25, -0.2) is 10.5 Å². The third kappa shape index (κ3) is 3.51. The van der Waals surface area contributed by atoms with Gasteiger partial charge in [-0.15, -0.1) is 0 Å². The molecular weight excluding hydrogens is 384 g/mol. The van der Waals surface area contributed by atoms with E-state index in [1.54, 1.807) is 31.2 Å². The summed E-state index contributed by atoms with van der Waals surface area (Å²) in [6.45, 7) is 3.79. The largest absolute Gasteiger partial charge is 0.292 e. The van der Waals surface area contributed by atoms with E-state index in [1.165, 1.54) is 0 Å². The zero-order chi connectivity index (χ0) is 18.0. The average molecular weight is 399 g/mol. The Kier molecular flexibility index (Phi) is 4.76. The molecule has 0 saturated heterocycles. The Labute approximate surface area is 152 Å². The third-order valence-corrected chi connectivity index (χ3v) is 4.70. The molecule has 25 heavy (non-hydrogen) atoms. The maximum atomic E-state index is 12.4. The van der Waals surface area contributed by atoms with E-state index in [4.69, 9.17) is 0 Å². The van der Waals surface area contributed by atoms with Crippen molar-refractivity contribution in [2.75, 3.05) is 0 Å². The van der Waals surface area contributed by atoms with Crippen LogP contribution in [0.15, 0.2) is 56.8 Å². The molecule has 3 rings (SSSR count). The zero-order valence-corrected chi connectivity index (χ0v) is 15.2. The van der Waals surface area contributed by atoms with Crippen LogP contribution in [-0.4, -0.2) is 21.8 Å². The molecule has 7 heteroatoms. The summed E-state index contributed by atoms with van der Waals surface area (Å²) in [4.78, 5) is 24.2. The first kappa shape index (κ1) is 17.0. The molecule has 0 bridgehead atoms. The van der Waals surface area contributed by atoms with Gasteiger partial charge in [-0.05, 0) is 43.2 Å². The van der Waals surface area contributed by atoms with Gasteiger partial charge in [0.25, 0.3) is 11.5 Å². The van der Waals surface area contributed by atoms with Crippen molar-refractivity contribution in [3.8, 4) is 0 Å². The van der Waals surface area contributed by atoms with Crippen molar-refractivity contribution in [1.29, 1.82) is 0 Å². The van der Waals surface area contributed by atoms with Gasteiger partial charge in [0.05, 0.1) is 11.1 Å². The average Bonchev–Trinajstić information content (AvgIpc) is 2.62. The second kappa shape index (κ2) is 6.98. The summed E-state index contributed by atoms with van der Waals surface area (Å²) in [5.41, 5.74) is 4.93. The number of carbonyl (C=O) groups excluding carboxylic acids is 1. The first-order valence-electron chi connectivity index (χ1n) is 7.56. The van der Waals surface area contributed by atoms with Crippen LogP contribution < -0.4 is 11.0 Å². The third-order valence-electron chi connectivity index (χ3n) is 3.81. The molecule has 0 aliphatic rings. The van der Waals surface area contributed by atoms with Gasteiger partial charge in [0.15, 0.2) is 5.69 Å². The van der Waals surface area contributed by atoms with Crippen molar-refractivity contribution >= 4 is 38.3 Å². The zero-order valence-electron chi connectivity index (χ0n) is 13.6. The number of rotatable bonds is 3. The molecule has 2 N–H and O–H groups in total. The predicted octanol–water partition coefficient (Wildman–Crippen LogP) is 3.15. The van der Waals surface area contributed by atoms with Crippen molar-refractivity contribution in [3.63, 3.8) is 0 Å². The lowest BCUT2D eigenvalue weighted by Crippen LogP contribution is -2.23. The molecule has 0 unspecified atom stereocenters. The summed E-state index contributed by atoms with van der Waals surface area (Å²) in [6, 6.07) is 12.6. The number of benzene rings is 2. The van der Waals surface area contributed by atoms with Crippen LogP contribution in [0.25, 0.3) is 10.8 Å². The number of aromatic amines is 1. The SMILES string of the molecule is C/C(=N\NC(=O)c1n[nH]c(=O)c2ccccc12)c1ccc(Br)c(C)c1. The molecular formula is C18H15BrN4O2. The minimum atomic E-state index is -0.486. The Morgan fingerprint density at radius 2 is 1.92 bits per heavy atom. The Morgan fingerprint density at radius 1 is 1.20 bits per heavy atom. The van der Waals surface area contributed by atoms with Crippen LogP contribution in [0.5, 0.6) is 0 Å². The van der Waals surface area contributed by atoms with Crippen LogP contribution in [0.4, 0.5) is 0 Å². The highest BCUT2D eigenvalue weighted by Gasteiger charge is 2.13. The molecule has 1 heterocycles. The van der Waals surface area contributed by atoms with E-state index < -0.39 is 5.91 Å². The highest BCUT2D eigenvalue weighted by atomic mass is 79.9. The monoisotopic (exact) mass is 398 g/mol. The van der Waals surface area contributed by atoms with Crippen LogP contribution in [0.3, 0.4) is 0 Å². The number of aryl methyl sites for hydroxylation is 1. The fourth-order valence-electron chi connectivity index (χ4n) is 2.41. The lowest BCUT2D eigenvalue weighted by atomic mass is 10.1. The standard InChI is InChI=1S/C18H15BrN4O2/c1-10-9-12(7-8-15(10)19)11(2)20-23-18(25)16-13-5-3-4-6-14(13)17(24)22-21-16/h3-9H,1-2H3,(H,22,24)(H,23,25)/b20-11+. The summed E-state index contributed by atoms with van der Waals surface area (Å²) in [7, 11) is 0. The molecule has 6 nitrogen and oxygen atoms in total. The van der Waals surface area contributed by atoms with Crippen LogP contribution in [0, 0.1) is 6.92 Å². The van der Waals surface area contributed by atoms with Gasteiger partial charge in [-0.1, -0.05) is 40.2 Å². The number of hydrogen-bond acceptors (Lipinski definition) is 4. The molecule has 0 radical (unpaired) electrons. The highest BCUT2D eigenvalue weighted by Crippen LogP contribution is 2.17. The number of fused-ring (bicyclic) bond motifs is 1. The van der Waals surface area contributed by atoms with Crippen molar-refractivity contribution in [2.45, 2.75) is 13.8 Å². The molecule has 0 aliphatic heterocycles. The summed E-state index contributed by atoms with van der Waals surface area (Å²) >= 11 is 3.45. The number of nitrogens with zero attached hydrogens (tertiary/aromatic N) is 2. The lowest BCUT2D eigenvalue weighted by Gasteiger charge is -2.06. The number of carbonyl (C=O) groups is 1. The normalized spacial score (nSPS) is 11.6. The van der Waals surface area contributed by atoms with Gasteiger partial charge in [0.2, 0.25) is 0 Å². The van der Waals surface area contributed by atoms with E-state index in [0.717, 1.165) is 15.6 Å². The summed E-state index contributed by atoms with van der Waals surface area (Å²) in [5, 5.41) is 11.2. The molecule has 0 saturated carbocycles. The number of halogens is 1. The Morgan fingerprint density at radius 3 is 2.64 bits per heavy atom. The van der Waals surface area contributed by atoms with Crippen molar-refractivity contribution in [2.24, 2.45) is 5.10 Å². The van der Waals surface area contributed by atoms with Crippen molar-refractivity contribution in [1.82, 2.24) is 15.6 Å².